The van der Waals surface area contributed by atoms with Crippen LogP contribution in [0.3, 0.4) is 0 Å². The molecular formula is C18H28N4O2. The Kier molecular flexibility index (Phi) is 6.04. The summed E-state index contributed by atoms with van der Waals surface area (Å²) in [4.78, 5) is 21.1. The number of aromatic nitrogens is 1. The molecule has 0 spiro atoms. The number of nitrogens with one attached hydrogen (secondary N) is 1. The Morgan fingerprint density at radius 3 is 2.83 bits per heavy atom. The Morgan fingerprint density at radius 2 is 2.17 bits per heavy atom. The molecule has 3 rings (SSSR count). The number of hydrogen-bond acceptors (Lipinski definition) is 5. The van der Waals surface area contributed by atoms with E-state index in [1.54, 1.807) is 0 Å². The first-order valence-electron chi connectivity index (χ1n) is 8.97. The van der Waals surface area contributed by atoms with E-state index in [-0.39, 0.29) is 12.0 Å². The molecule has 1 atom stereocenters. The number of anilines is 1. The predicted molar refractivity (Wildman–Crippen MR) is 94.0 cm³/mol. The van der Waals surface area contributed by atoms with E-state index in [1.807, 2.05) is 6.20 Å². The standard InChI is InChI=1S/C18H28N4O2/c1-21-8-10-22(11-9-21)17-6-4-15(13-19-17)14-20-18(23)7-5-16-3-2-12-24-16/h4,6,13,16H,2-3,5,7-12,14H2,1H3,(H,20,23). The van der Waals surface area contributed by atoms with Gasteiger partial charge in [0.2, 0.25) is 5.91 Å². The number of carbonyl (C=O) groups is 1. The second kappa shape index (κ2) is 8.44. The summed E-state index contributed by atoms with van der Waals surface area (Å²) in [5, 5.41) is 2.97. The maximum atomic E-state index is 11.9. The van der Waals surface area contributed by atoms with Gasteiger partial charge in [-0.15, -0.1) is 0 Å². The van der Waals surface area contributed by atoms with Crippen molar-refractivity contribution < 1.29 is 9.53 Å². The van der Waals surface area contributed by atoms with Gasteiger partial charge in [-0.3, -0.25) is 4.79 Å². The van der Waals surface area contributed by atoms with E-state index in [4.69, 9.17) is 4.74 Å². The van der Waals surface area contributed by atoms with E-state index >= 15 is 0 Å². The topological polar surface area (TPSA) is 57.7 Å². The van der Waals surface area contributed by atoms with Crippen molar-refractivity contribution in [1.82, 2.24) is 15.2 Å². The minimum Gasteiger partial charge on any atom is -0.378 e. The lowest BCUT2D eigenvalue weighted by atomic mass is 10.1. The minimum absolute atomic E-state index is 0.0913. The van der Waals surface area contributed by atoms with Crippen LogP contribution in [-0.4, -0.2) is 61.7 Å². The lowest BCUT2D eigenvalue weighted by Crippen LogP contribution is -2.44. The summed E-state index contributed by atoms with van der Waals surface area (Å²) in [5.41, 5.74) is 1.04. The molecule has 0 saturated carbocycles. The van der Waals surface area contributed by atoms with Crippen LogP contribution < -0.4 is 10.2 Å². The Balaban J connectivity index is 1.40. The summed E-state index contributed by atoms with van der Waals surface area (Å²) in [6, 6.07) is 4.11. The molecule has 1 aromatic rings. The molecule has 1 unspecified atom stereocenters. The number of likely N-dealkylation sites (N-methyl/N-ethyl adjacent to an activating group) is 1. The lowest BCUT2D eigenvalue weighted by Gasteiger charge is -2.33. The van der Waals surface area contributed by atoms with E-state index in [0.29, 0.717) is 13.0 Å². The third-order valence-electron chi connectivity index (χ3n) is 4.84. The highest BCUT2D eigenvalue weighted by molar-refractivity contribution is 5.75. The molecule has 132 valence electrons. The van der Waals surface area contributed by atoms with Crippen molar-refractivity contribution in [3.05, 3.63) is 23.9 Å². The molecule has 2 aliphatic heterocycles. The van der Waals surface area contributed by atoms with Crippen LogP contribution in [0.15, 0.2) is 18.3 Å². The molecule has 3 heterocycles. The van der Waals surface area contributed by atoms with Gasteiger partial charge < -0.3 is 19.9 Å². The highest BCUT2D eigenvalue weighted by Gasteiger charge is 2.17. The molecule has 0 radical (unpaired) electrons. The van der Waals surface area contributed by atoms with Crippen molar-refractivity contribution in [2.75, 3.05) is 44.7 Å². The van der Waals surface area contributed by atoms with Crippen molar-refractivity contribution >= 4 is 11.7 Å². The Labute approximate surface area is 144 Å². The smallest absolute Gasteiger partial charge is 0.220 e. The first kappa shape index (κ1) is 17.2. The highest BCUT2D eigenvalue weighted by Crippen LogP contribution is 2.17. The third-order valence-corrected chi connectivity index (χ3v) is 4.84. The predicted octanol–water partition coefficient (Wildman–Crippen LogP) is 1.41. The largest absolute Gasteiger partial charge is 0.378 e. The maximum absolute atomic E-state index is 11.9. The number of nitrogens with zero attached hydrogens (tertiary/aromatic N) is 3. The van der Waals surface area contributed by atoms with Gasteiger partial charge >= 0.3 is 0 Å². The number of hydrogen-bond donors (Lipinski definition) is 1. The molecule has 24 heavy (non-hydrogen) atoms. The van der Waals surface area contributed by atoms with Crippen molar-refractivity contribution in [3.8, 4) is 0 Å². The van der Waals surface area contributed by atoms with Gasteiger partial charge in [0.05, 0.1) is 6.10 Å². The van der Waals surface area contributed by atoms with Gasteiger partial charge in [-0.1, -0.05) is 6.07 Å². The molecule has 2 saturated heterocycles. The Bertz CT molecular complexity index is 520. The molecule has 6 heteroatoms. The molecule has 1 amide bonds. The van der Waals surface area contributed by atoms with E-state index in [9.17, 15) is 4.79 Å². The summed E-state index contributed by atoms with van der Waals surface area (Å²) in [5.74, 6) is 1.12. The number of piperazine rings is 1. The average Bonchev–Trinajstić information content (AvgIpc) is 3.13. The fourth-order valence-electron chi connectivity index (χ4n) is 3.20. The number of carbonyl (C=O) groups excluding carboxylic acids is 1. The summed E-state index contributed by atoms with van der Waals surface area (Å²) in [6.45, 7) is 5.57. The number of amides is 1. The molecule has 2 aliphatic rings. The van der Waals surface area contributed by atoms with Crippen LogP contribution in [0.1, 0.15) is 31.2 Å². The van der Waals surface area contributed by atoms with Crippen molar-refractivity contribution in [1.29, 1.82) is 0 Å². The van der Waals surface area contributed by atoms with E-state index < -0.39 is 0 Å². The molecule has 6 nitrogen and oxygen atoms in total. The fourth-order valence-corrected chi connectivity index (χ4v) is 3.20. The van der Waals surface area contributed by atoms with Crippen molar-refractivity contribution in [2.24, 2.45) is 0 Å². The van der Waals surface area contributed by atoms with Crippen LogP contribution in [-0.2, 0) is 16.1 Å². The van der Waals surface area contributed by atoms with Gasteiger partial charge in [0.1, 0.15) is 5.82 Å². The first-order valence-corrected chi connectivity index (χ1v) is 8.97. The fraction of sp³-hybridized carbons (Fsp3) is 0.667. The zero-order valence-corrected chi connectivity index (χ0v) is 14.5. The summed E-state index contributed by atoms with van der Waals surface area (Å²) in [6.07, 6.45) is 5.72. The highest BCUT2D eigenvalue weighted by atomic mass is 16.5. The van der Waals surface area contributed by atoms with Crippen molar-refractivity contribution in [3.63, 3.8) is 0 Å². The first-order chi connectivity index (χ1) is 11.7. The number of pyridine rings is 1. The Morgan fingerprint density at radius 1 is 1.33 bits per heavy atom. The quantitative estimate of drug-likeness (QED) is 0.853. The molecule has 1 aromatic heterocycles. The minimum atomic E-state index is 0.0913. The number of rotatable bonds is 6. The zero-order chi connectivity index (χ0) is 16.8. The maximum Gasteiger partial charge on any atom is 0.220 e. The van der Waals surface area contributed by atoms with Crippen LogP contribution in [0, 0.1) is 0 Å². The molecule has 0 aromatic carbocycles. The van der Waals surface area contributed by atoms with Crippen LogP contribution >= 0.6 is 0 Å². The van der Waals surface area contributed by atoms with E-state index in [1.165, 1.54) is 0 Å². The lowest BCUT2D eigenvalue weighted by molar-refractivity contribution is -0.121. The van der Waals surface area contributed by atoms with Gasteiger partial charge in [0.15, 0.2) is 0 Å². The summed E-state index contributed by atoms with van der Waals surface area (Å²) >= 11 is 0. The average molecular weight is 332 g/mol. The van der Waals surface area contributed by atoms with Crippen LogP contribution in [0.25, 0.3) is 0 Å². The van der Waals surface area contributed by atoms with Crippen LogP contribution in [0.4, 0.5) is 5.82 Å². The van der Waals surface area contributed by atoms with Gasteiger partial charge in [0.25, 0.3) is 0 Å². The Hall–Kier alpha value is -1.66. The SMILES string of the molecule is CN1CCN(c2ccc(CNC(=O)CCC3CCCO3)cn2)CC1. The normalized spacial score (nSPS) is 21.9. The van der Waals surface area contributed by atoms with Gasteiger partial charge in [-0.2, -0.15) is 0 Å². The molecule has 1 N–H and O–H groups in total. The second-order valence-corrected chi connectivity index (χ2v) is 6.77. The zero-order valence-electron chi connectivity index (χ0n) is 14.5. The van der Waals surface area contributed by atoms with Crippen LogP contribution in [0.5, 0.6) is 0 Å². The number of ether oxygens (including phenoxy) is 1. The summed E-state index contributed by atoms with van der Waals surface area (Å²) in [7, 11) is 2.15. The van der Waals surface area contributed by atoms with E-state index in [2.05, 4.69) is 39.3 Å². The monoisotopic (exact) mass is 332 g/mol. The van der Waals surface area contributed by atoms with E-state index in [0.717, 1.165) is 63.4 Å². The second-order valence-electron chi connectivity index (χ2n) is 6.77. The molecule has 0 aliphatic carbocycles. The third kappa shape index (κ3) is 4.92. The summed E-state index contributed by atoms with van der Waals surface area (Å²) < 4.78 is 5.55. The van der Waals surface area contributed by atoms with Gasteiger partial charge in [-0.25, -0.2) is 4.98 Å². The van der Waals surface area contributed by atoms with Gasteiger partial charge in [0, 0.05) is 51.9 Å². The molecule has 2 fully saturated rings. The van der Waals surface area contributed by atoms with Crippen molar-refractivity contribution in [2.45, 2.75) is 38.3 Å². The molecular weight excluding hydrogens is 304 g/mol. The molecule has 0 bridgehead atoms. The van der Waals surface area contributed by atoms with Gasteiger partial charge in [-0.05, 0) is 37.9 Å². The van der Waals surface area contributed by atoms with Crippen LogP contribution in [0.2, 0.25) is 0 Å².